The second-order valence-electron chi connectivity index (χ2n) is 3.97. The van der Waals surface area contributed by atoms with Crippen molar-refractivity contribution in [3.05, 3.63) is 57.5 Å². The number of nitrogens with one attached hydrogen (secondary N) is 1. The Morgan fingerprint density at radius 1 is 1.24 bits per heavy atom. The van der Waals surface area contributed by atoms with E-state index in [9.17, 15) is 18.5 Å². The van der Waals surface area contributed by atoms with Crippen molar-refractivity contribution in [3.63, 3.8) is 0 Å². The van der Waals surface area contributed by atoms with Crippen molar-refractivity contribution in [2.24, 2.45) is 0 Å². The standard InChI is InChI=1S/C11H9ClN4O4S/c12-10-5-14-11(6-13-10)15-21(19,20)7-8-3-1-2-4-9(8)16(17)18/h1-6H,7H2,(H,14,15). The molecule has 0 radical (unpaired) electrons. The molecule has 0 aliphatic heterocycles. The maximum atomic E-state index is 12.0. The highest BCUT2D eigenvalue weighted by molar-refractivity contribution is 7.91. The smallest absolute Gasteiger partial charge is 0.266 e. The van der Waals surface area contributed by atoms with E-state index in [0.717, 1.165) is 6.20 Å². The van der Waals surface area contributed by atoms with Crippen molar-refractivity contribution >= 4 is 33.1 Å². The molecule has 0 amide bonds. The highest BCUT2D eigenvalue weighted by atomic mass is 35.5. The number of aromatic nitrogens is 2. The molecule has 1 aromatic carbocycles. The molecule has 1 aromatic heterocycles. The first-order chi connectivity index (χ1) is 9.87. The summed E-state index contributed by atoms with van der Waals surface area (Å²) in [5.74, 6) is -0.563. The fraction of sp³-hybridized carbons (Fsp3) is 0.0909. The Hall–Kier alpha value is -2.26. The molecule has 0 bridgehead atoms. The number of hydrogen-bond donors (Lipinski definition) is 1. The average Bonchev–Trinajstić information content (AvgIpc) is 2.41. The monoisotopic (exact) mass is 328 g/mol. The molecule has 0 saturated carbocycles. The van der Waals surface area contributed by atoms with E-state index in [1.165, 1.54) is 30.5 Å². The number of halogens is 1. The number of para-hydroxylation sites is 1. The molecule has 1 heterocycles. The van der Waals surface area contributed by atoms with Crippen molar-refractivity contribution in [2.45, 2.75) is 5.75 Å². The second kappa shape index (κ2) is 6.02. The molecule has 10 heteroatoms. The molecule has 0 atom stereocenters. The van der Waals surface area contributed by atoms with Gasteiger partial charge in [0.05, 0.1) is 17.3 Å². The first-order valence-electron chi connectivity index (χ1n) is 5.58. The lowest BCUT2D eigenvalue weighted by atomic mass is 10.2. The Morgan fingerprint density at radius 2 is 1.95 bits per heavy atom. The van der Waals surface area contributed by atoms with E-state index in [0.29, 0.717) is 0 Å². The van der Waals surface area contributed by atoms with Crippen LogP contribution < -0.4 is 4.72 Å². The maximum Gasteiger partial charge on any atom is 0.273 e. The van der Waals surface area contributed by atoms with Crippen LogP contribution in [-0.2, 0) is 15.8 Å². The van der Waals surface area contributed by atoms with Crippen LogP contribution in [0.2, 0.25) is 5.15 Å². The summed E-state index contributed by atoms with van der Waals surface area (Å²) in [5.41, 5.74) is -0.179. The number of nitrogens with zero attached hydrogens (tertiary/aromatic N) is 3. The summed E-state index contributed by atoms with van der Waals surface area (Å²) in [6, 6.07) is 5.62. The van der Waals surface area contributed by atoms with Crippen molar-refractivity contribution < 1.29 is 13.3 Å². The van der Waals surface area contributed by atoms with Crippen molar-refractivity contribution in [1.82, 2.24) is 9.97 Å². The number of rotatable bonds is 5. The molecule has 8 nitrogen and oxygen atoms in total. The number of benzene rings is 1. The zero-order valence-corrected chi connectivity index (χ0v) is 12.0. The van der Waals surface area contributed by atoms with Crippen LogP contribution in [0.3, 0.4) is 0 Å². The maximum absolute atomic E-state index is 12.0. The Bertz CT molecular complexity index is 764. The predicted octanol–water partition coefficient (Wildman–Crippen LogP) is 1.98. The van der Waals surface area contributed by atoms with Crippen LogP contribution >= 0.6 is 11.6 Å². The Morgan fingerprint density at radius 3 is 2.57 bits per heavy atom. The summed E-state index contributed by atoms with van der Waals surface area (Å²) in [7, 11) is -3.86. The molecule has 110 valence electrons. The van der Waals surface area contributed by atoms with Crippen molar-refractivity contribution in [1.29, 1.82) is 0 Å². The molecule has 21 heavy (non-hydrogen) atoms. The lowest BCUT2D eigenvalue weighted by Gasteiger charge is -2.07. The van der Waals surface area contributed by atoms with E-state index in [-0.39, 0.29) is 22.2 Å². The van der Waals surface area contributed by atoms with Crippen LogP contribution in [0.25, 0.3) is 0 Å². The fourth-order valence-corrected chi connectivity index (χ4v) is 2.82. The van der Waals surface area contributed by atoms with Gasteiger partial charge in [-0.15, -0.1) is 0 Å². The van der Waals surface area contributed by atoms with Crippen LogP contribution in [0.4, 0.5) is 11.5 Å². The minimum absolute atomic E-state index is 0.0158. The predicted molar refractivity (Wildman–Crippen MR) is 76.4 cm³/mol. The SMILES string of the molecule is O=[N+]([O-])c1ccccc1CS(=O)(=O)Nc1cnc(Cl)cn1. The van der Waals surface area contributed by atoms with E-state index in [4.69, 9.17) is 11.6 Å². The van der Waals surface area contributed by atoms with Gasteiger partial charge in [-0.1, -0.05) is 29.8 Å². The molecular formula is C11H9ClN4O4S. The van der Waals surface area contributed by atoms with E-state index >= 15 is 0 Å². The number of sulfonamides is 1. The molecule has 2 rings (SSSR count). The van der Waals surface area contributed by atoms with Gasteiger partial charge in [-0.05, 0) is 0 Å². The topological polar surface area (TPSA) is 115 Å². The van der Waals surface area contributed by atoms with E-state index < -0.39 is 20.7 Å². The van der Waals surface area contributed by atoms with Gasteiger partial charge in [-0.25, -0.2) is 18.4 Å². The highest BCUT2D eigenvalue weighted by Gasteiger charge is 2.20. The van der Waals surface area contributed by atoms with Crippen LogP contribution in [-0.4, -0.2) is 23.3 Å². The van der Waals surface area contributed by atoms with Gasteiger partial charge in [0.25, 0.3) is 5.69 Å². The Labute approximate surface area is 125 Å². The third kappa shape index (κ3) is 4.10. The zero-order valence-electron chi connectivity index (χ0n) is 10.4. The van der Waals surface area contributed by atoms with Crippen LogP contribution in [0.15, 0.2) is 36.7 Å². The van der Waals surface area contributed by atoms with Gasteiger partial charge >= 0.3 is 0 Å². The van der Waals surface area contributed by atoms with Crippen LogP contribution in [0.1, 0.15) is 5.56 Å². The second-order valence-corrected chi connectivity index (χ2v) is 6.08. The van der Waals surface area contributed by atoms with Gasteiger partial charge in [0.1, 0.15) is 10.9 Å². The van der Waals surface area contributed by atoms with Crippen molar-refractivity contribution in [3.8, 4) is 0 Å². The minimum atomic E-state index is -3.86. The highest BCUT2D eigenvalue weighted by Crippen LogP contribution is 2.20. The van der Waals surface area contributed by atoms with Gasteiger partial charge in [0.2, 0.25) is 10.0 Å². The fourth-order valence-electron chi connectivity index (χ4n) is 1.58. The summed E-state index contributed by atoms with van der Waals surface area (Å²) >= 11 is 5.54. The zero-order chi connectivity index (χ0) is 15.5. The van der Waals surface area contributed by atoms with Gasteiger partial charge < -0.3 is 0 Å². The lowest BCUT2D eigenvalue weighted by Crippen LogP contribution is -2.16. The third-order valence-corrected chi connectivity index (χ3v) is 3.82. The molecule has 0 fully saturated rings. The number of hydrogen-bond acceptors (Lipinski definition) is 6. The normalized spacial score (nSPS) is 11.1. The first-order valence-corrected chi connectivity index (χ1v) is 7.61. The molecule has 1 N–H and O–H groups in total. The Kier molecular flexibility index (Phi) is 4.34. The molecule has 0 saturated heterocycles. The number of nitro groups is 1. The van der Waals surface area contributed by atoms with Crippen molar-refractivity contribution in [2.75, 3.05) is 4.72 Å². The van der Waals surface area contributed by atoms with E-state index in [2.05, 4.69) is 14.7 Å². The van der Waals surface area contributed by atoms with Gasteiger partial charge in [-0.3, -0.25) is 14.8 Å². The molecular weight excluding hydrogens is 320 g/mol. The summed E-state index contributed by atoms with van der Waals surface area (Å²) in [6.07, 6.45) is 2.34. The number of anilines is 1. The molecule has 0 spiro atoms. The summed E-state index contributed by atoms with van der Waals surface area (Å²) < 4.78 is 26.2. The van der Waals surface area contributed by atoms with Gasteiger partial charge in [0, 0.05) is 11.6 Å². The Balaban J connectivity index is 2.22. The van der Waals surface area contributed by atoms with Crippen LogP contribution in [0.5, 0.6) is 0 Å². The average molecular weight is 329 g/mol. The first kappa shape index (κ1) is 15.1. The summed E-state index contributed by atoms with van der Waals surface area (Å²) in [4.78, 5) is 17.7. The van der Waals surface area contributed by atoms with Gasteiger partial charge in [-0.2, -0.15) is 0 Å². The molecule has 0 unspecified atom stereocenters. The van der Waals surface area contributed by atoms with E-state index in [1.807, 2.05) is 0 Å². The quantitative estimate of drug-likeness (QED) is 0.662. The summed E-state index contributed by atoms with van der Waals surface area (Å²) in [6.45, 7) is 0. The molecule has 2 aromatic rings. The van der Waals surface area contributed by atoms with Crippen LogP contribution in [0, 0.1) is 10.1 Å². The lowest BCUT2D eigenvalue weighted by molar-refractivity contribution is -0.385. The minimum Gasteiger partial charge on any atom is -0.266 e. The number of nitro benzene ring substituents is 1. The van der Waals surface area contributed by atoms with E-state index in [1.54, 1.807) is 0 Å². The third-order valence-electron chi connectivity index (χ3n) is 2.41. The largest absolute Gasteiger partial charge is 0.273 e. The molecule has 0 aliphatic carbocycles. The molecule has 0 aliphatic rings. The van der Waals surface area contributed by atoms with Gasteiger partial charge in [0.15, 0.2) is 5.82 Å². The summed E-state index contributed by atoms with van der Waals surface area (Å²) in [5, 5.41) is 11.0.